The SMILES string of the molecule is CCCC1CNC2(CCCCC2)CN1C(C)C. The Balaban J connectivity index is 2.02. The van der Waals surface area contributed by atoms with Gasteiger partial charge in [0.05, 0.1) is 0 Å². The zero-order valence-corrected chi connectivity index (χ0v) is 12.0. The zero-order valence-electron chi connectivity index (χ0n) is 12.0. The number of hydrogen-bond donors (Lipinski definition) is 1. The van der Waals surface area contributed by atoms with Crippen LogP contribution in [0.15, 0.2) is 0 Å². The average Bonchev–Trinajstić information content (AvgIpc) is 2.33. The lowest BCUT2D eigenvalue weighted by atomic mass is 9.79. The van der Waals surface area contributed by atoms with Crippen molar-refractivity contribution in [1.29, 1.82) is 0 Å². The molecule has 1 saturated carbocycles. The minimum atomic E-state index is 0.465. The van der Waals surface area contributed by atoms with Gasteiger partial charge in [-0.3, -0.25) is 4.90 Å². The summed E-state index contributed by atoms with van der Waals surface area (Å²) in [6, 6.07) is 1.47. The van der Waals surface area contributed by atoms with E-state index in [1.54, 1.807) is 0 Å². The van der Waals surface area contributed by atoms with E-state index in [1.165, 1.54) is 58.0 Å². The summed E-state index contributed by atoms with van der Waals surface area (Å²) in [5.41, 5.74) is 0.465. The molecule has 0 aromatic rings. The third-order valence-electron chi connectivity index (χ3n) is 4.76. The number of rotatable bonds is 3. The summed E-state index contributed by atoms with van der Waals surface area (Å²) in [7, 11) is 0. The number of piperazine rings is 1. The monoisotopic (exact) mass is 238 g/mol. The molecule has 0 radical (unpaired) electrons. The topological polar surface area (TPSA) is 15.3 Å². The van der Waals surface area contributed by atoms with Crippen molar-refractivity contribution < 1.29 is 0 Å². The maximum absolute atomic E-state index is 3.91. The molecule has 1 aliphatic heterocycles. The molecule has 1 atom stereocenters. The molecule has 1 spiro atoms. The highest BCUT2D eigenvalue weighted by Crippen LogP contribution is 2.33. The number of hydrogen-bond acceptors (Lipinski definition) is 2. The Morgan fingerprint density at radius 2 is 1.94 bits per heavy atom. The first kappa shape index (κ1) is 13.4. The molecule has 2 rings (SSSR count). The van der Waals surface area contributed by atoms with Crippen molar-refractivity contribution in [2.75, 3.05) is 13.1 Å². The summed E-state index contributed by atoms with van der Waals surface area (Å²) in [5, 5.41) is 3.91. The highest BCUT2D eigenvalue weighted by atomic mass is 15.3. The fourth-order valence-corrected chi connectivity index (χ4v) is 3.75. The molecule has 1 heterocycles. The summed E-state index contributed by atoms with van der Waals surface area (Å²) >= 11 is 0. The minimum absolute atomic E-state index is 0.465. The third-order valence-corrected chi connectivity index (χ3v) is 4.76. The standard InChI is InChI=1S/C15H30N2/c1-4-8-14-11-16-15(9-6-5-7-10-15)12-17(14)13(2)3/h13-14,16H,4-12H2,1-3H3. The molecule has 0 amide bonds. The lowest BCUT2D eigenvalue weighted by Gasteiger charge is -2.51. The highest BCUT2D eigenvalue weighted by molar-refractivity contribution is 5.00. The third kappa shape index (κ3) is 3.03. The van der Waals surface area contributed by atoms with Crippen molar-refractivity contribution in [3.05, 3.63) is 0 Å². The molecule has 100 valence electrons. The van der Waals surface area contributed by atoms with Gasteiger partial charge in [0.1, 0.15) is 0 Å². The van der Waals surface area contributed by atoms with E-state index in [2.05, 4.69) is 31.0 Å². The summed E-state index contributed by atoms with van der Waals surface area (Å²) in [6.45, 7) is 9.54. The number of nitrogens with zero attached hydrogens (tertiary/aromatic N) is 1. The lowest BCUT2D eigenvalue weighted by Crippen LogP contribution is -2.66. The van der Waals surface area contributed by atoms with Gasteiger partial charge in [-0.1, -0.05) is 32.6 Å². The first-order chi connectivity index (χ1) is 8.17. The van der Waals surface area contributed by atoms with E-state index in [9.17, 15) is 0 Å². The van der Waals surface area contributed by atoms with Crippen LogP contribution in [-0.2, 0) is 0 Å². The molecule has 1 aliphatic carbocycles. The highest BCUT2D eigenvalue weighted by Gasteiger charge is 2.40. The van der Waals surface area contributed by atoms with Crippen LogP contribution in [0.4, 0.5) is 0 Å². The largest absolute Gasteiger partial charge is 0.308 e. The van der Waals surface area contributed by atoms with E-state index < -0.39 is 0 Å². The van der Waals surface area contributed by atoms with Gasteiger partial charge in [0.2, 0.25) is 0 Å². The molecular formula is C15H30N2. The molecule has 0 bridgehead atoms. The summed E-state index contributed by atoms with van der Waals surface area (Å²) in [6.07, 6.45) is 9.76. The van der Waals surface area contributed by atoms with Crippen molar-refractivity contribution in [1.82, 2.24) is 10.2 Å². The Hall–Kier alpha value is -0.0800. The molecule has 2 heteroatoms. The molecule has 2 nitrogen and oxygen atoms in total. The van der Waals surface area contributed by atoms with Gasteiger partial charge in [-0.25, -0.2) is 0 Å². The maximum atomic E-state index is 3.91. The second-order valence-electron chi connectivity index (χ2n) is 6.43. The summed E-state index contributed by atoms with van der Waals surface area (Å²) in [5.74, 6) is 0. The predicted octanol–water partition coefficient (Wildman–Crippen LogP) is 3.17. The van der Waals surface area contributed by atoms with E-state index in [-0.39, 0.29) is 0 Å². The Morgan fingerprint density at radius 3 is 2.53 bits per heavy atom. The van der Waals surface area contributed by atoms with Crippen molar-refractivity contribution in [3.8, 4) is 0 Å². The average molecular weight is 238 g/mol. The van der Waals surface area contributed by atoms with Gasteiger partial charge in [-0.2, -0.15) is 0 Å². The fourth-order valence-electron chi connectivity index (χ4n) is 3.75. The van der Waals surface area contributed by atoms with Crippen LogP contribution in [0.5, 0.6) is 0 Å². The molecule has 1 saturated heterocycles. The second kappa shape index (κ2) is 5.71. The van der Waals surface area contributed by atoms with Crippen molar-refractivity contribution in [2.45, 2.75) is 83.3 Å². The lowest BCUT2D eigenvalue weighted by molar-refractivity contribution is 0.0304. The first-order valence-electron chi connectivity index (χ1n) is 7.68. The Kier molecular flexibility index (Phi) is 4.48. The van der Waals surface area contributed by atoms with Crippen molar-refractivity contribution in [3.63, 3.8) is 0 Å². The minimum Gasteiger partial charge on any atom is -0.308 e. The molecule has 2 fully saturated rings. The van der Waals surface area contributed by atoms with Crippen LogP contribution in [0.25, 0.3) is 0 Å². The van der Waals surface area contributed by atoms with Crippen LogP contribution in [0, 0.1) is 0 Å². The van der Waals surface area contributed by atoms with Gasteiger partial charge in [0.25, 0.3) is 0 Å². The predicted molar refractivity (Wildman–Crippen MR) is 74.4 cm³/mol. The van der Waals surface area contributed by atoms with Crippen LogP contribution in [0.2, 0.25) is 0 Å². The fraction of sp³-hybridized carbons (Fsp3) is 1.00. The molecule has 1 unspecified atom stereocenters. The molecule has 1 N–H and O–H groups in total. The molecule has 0 aromatic carbocycles. The summed E-state index contributed by atoms with van der Waals surface area (Å²) in [4.78, 5) is 2.77. The number of nitrogens with one attached hydrogen (secondary N) is 1. The summed E-state index contributed by atoms with van der Waals surface area (Å²) < 4.78 is 0. The molecule has 17 heavy (non-hydrogen) atoms. The molecule has 0 aromatic heterocycles. The normalized spacial score (nSPS) is 30.0. The van der Waals surface area contributed by atoms with Gasteiger partial charge in [-0.15, -0.1) is 0 Å². The van der Waals surface area contributed by atoms with Crippen LogP contribution >= 0.6 is 0 Å². The van der Waals surface area contributed by atoms with E-state index in [4.69, 9.17) is 0 Å². The van der Waals surface area contributed by atoms with E-state index in [0.717, 1.165) is 6.04 Å². The van der Waals surface area contributed by atoms with Crippen LogP contribution in [0.1, 0.15) is 65.7 Å². The Bertz CT molecular complexity index is 231. The zero-order chi connectivity index (χ0) is 12.3. The van der Waals surface area contributed by atoms with Crippen molar-refractivity contribution in [2.24, 2.45) is 0 Å². The quantitative estimate of drug-likeness (QED) is 0.812. The van der Waals surface area contributed by atoms with E-state index in [1.807, 2.05) is 0 Å². The van der Waals surface area contributed by atoms with Gasteiger partial charge >= 0.3 is 0 Å². The first-order valence-corrected chi connectivity index (χ1v) is 7.68. The van der Waals surface area contributed by atoms with Crippen LogP contribution in [0.3, 0.4) is 0 Å². The van der Waals surface area contributed by atoms with Crippen molar-refractivity contribution >= 4 is 0 Å². The van der Waals surface area contributed by atoms with Gasteiger partial charge in [0, 0.05) is 30.7 Å². The van der Waals surface area contributed by atoms with Gasteiger partial charge in [0.15, 0.2) is 0 Å². The van der Waals surface area contributed by atoms with Crippen LogP contribution in [-0.4, -0.2) is 35.6 Å². The maximum Gasteiger partial charge on any atom is 0.0309 e. The second-order valence-corrected chi connectivity index (χ2v) is 6.43. The smallest absolute Gasteiger partial charge is 0.0309 e. The molecular weight excluding hydrogens is 208 g/mol. The Morgan fingerprint density at radius 1 is 1.24 bits per heavy atom. The van der Waals surface area contributed by atoms with E-state index >= 15 is 0 Å². The van der Waals surface area contributed by atoms with Crippen LogP contribution < -0.4 is 5.32 Å². The van der Waals surface area contributed by atoms with E-state index in [0.29, 0.717) is 11.6 Å². The van der Waals surface area contributed by atoms with Gasteiger partial charge in [-0.05, 0) is 33.1 Å². The molecule has 2 aliphatic rings. The van der Waals surface area contributed by atoms with Gasteiger partial charge < -0.3 is 5.32 Å². The Labute approximate surface area is 107 Å².